The van der Waals surface area contributed by atoms with Crippen molar-refractivity contribution >= 4 is 10.0 Å². The maximum atomic E-state index is 12.7. The maximum Gasteiger partial charge on any atom is 0.243 e. The summed E-state index contributed by atoms with van der Waals surface area (Å²) in [7, 11) is -3.52. The first-order chi connectivity index (χ1) is 8.84. The molecule has 1 aromatic rings. The highest BCUT2D eigenvalue weighted by Gasteiger charge is 2.27. The van der Waals surface area contributed by atoms with E-state index in [0.717, 1.165) is 11.1 Å². The quantitative estimate of drug-likeness (QED) is 0.812. The van der Waals surface area contributed by atoms with Crippen molar-refractivity contribution in [2.45, 2.75) is 38.3 Å². The Morgan fingerprint density at radius 3 is 2.53 bits per heavy atom. The number of sulfonamides is 1. The molecule has 0 aliphatic carbocycles. The summed E-state index contributed by atoms with van der Waals surface area (Å²) in [5, 5.41) is 0. The Balaban J connectivity index is 3.36. The first-order valence-electron chi connectivity index (χ1n) is 6.27. The average Bonchev–Trinajstić information content (AvgIpc) is 2.35. The van der Waals surface area contributed by atoms with E-state index >= 15 is 0 Å². The Morgan fingerprint density at radius 2 is 2.05 bits per heavy atom. The van der Waals surface area contributed by atoms with Crippen LogP contribution in [0.1, 0.15) is 25.0 Å². The van der Waals surface area contributed by atoms with Gasteiger partial charge < -0.3 is 5.73 Å². The summed E-state index contributed by atoms with van der Waals surface area (Å²) in [6.45, 7) is 9.74. The van der Waals surface area contributed by atoms with E-state index in [9.17, 15) is 8.42 Å². The fraction of sp³-hybridized carbons (Fsp3) is 0.429. The van der Waals surface area contributed by atoms with Gasteiger partial charge in [-0.3, -0.25) is 0 Å². The van der Waals surface area contributed by atoms with Crippen LogP contribution >= 0.6 is 0 Å². The second-order valence-corrected chi connectivity index (χ2v) is 6.62. The molecule has 0 unspecified atom stereocenters. The molecule has 1 aromatic carbocycles. The highest BCUT2D eigenvalue weighted by molar-refractivity contribution is 7.89. The SMILES string of the molecule is C=CCN(C(C)C)S(=O)(=O)c1cc(CN)ccc1C. The van der Waals surface area contributed by atoms with Crippen molar-refractivity contribution in [2.24, 2.45) is 5.73 Å². The van der Waals surface area contributed by atoms with Crippen LogP contribution in [0, 0.1) is 6.92 Å². The molecule has 0 aliphatic heterocycles. The van der Waals surface area contributed by atoms with Gasteiger partial charge in [-0.1, -0.05) is 18.2 Å². The van der Waals surface area contributed by atoms with Crippen LogP contribution in [0.4, 0.5) is 0 Å². The zero-order chi connectivity index (χ0) is 14.6. The third-order valence-electron chi connectivity index (χ3n) is 2.96. The molecule has 0 bridgehead atoms. The number of nitrogens with two attached hydrogens (primary N) is 1. The normalized spacial score (nSPS) is 12.1. The summed E-state index contributed by atoms with van der Waals surface area (Å²) < 4.78 is 26.8. The molecule has 5 heteroatoms. The van der Waals surface area contributed by atoms with Gasteiger partial charge in [0.1, 0.15) is 0 Å². The Hall–Kier alpha value is -1.17. The van der Waals surface area contributed by atoms with Gasteiger partial charge in [-0.2, -0.15) is 4.31 Å². The van der Waals surface area contributed by atoms with E-state index in [-0.39, 0.29) is 6.04 Å². The van der Waals surface area contributed by atoms with Crippen molar-refractivity contribution in [2.75, 3.05) is 6.54 Å². The monoisotopic (exact) mass is 282 g/mol. The number of aryl methyl sites for hydroxylation is 1. The lowest BCUT2D eigenvalue weighted by atomic mass is 10.1. The largest absolute Gasteiger partial charge is 0.326 e. The van der Waals surface area contributed by atoms with Gasteiger partial charge >= 0.3 is 0 Å². The molecule has 106 valence electrons. The molecular weight excluding hydrogens is 260 g/mol. The van der Waals surface area contributed by atoms with Crippen molar-refractivity contribution in [1.29, 1.82) is 0 Å². The Kier molecular flexibility index (Phi) is 5.29. The van der Waals surface area contributed by atoms with Crippen molar-refractivity contribution in [3.63, 3.8) is 0 Å². The second-order valence-electron chi connectivity index (χ2n) is 4.76. The summed E-state index contributed by atoms with van der Waals surface area (Å²) in [6, 6.07) is 5.18. The predicted molar refractivity (Wildman–Crippen MR) is 78.3 cm³/mol. The van der Waals surface area contributed by atoms with Gasteiger partial charge in [-0.25, -0.2) is 8.42 Å². The summed E-state index contributed by atoms with van der Waals surface area (Å²) in [6.07, 6.45) is 1.60. The zero-order valence-electron chi connectivity index (χ0n) is 11.8. The van der Waals surface area contributed by atoms with Crippen molar-refractivity contribution < 1.29 is 8.42 Å². The summed E-state index contributed by atoms with van der Waals surface area (Å²) in [5.41, 5.74) is 7.12. The summed E-state index contributed by atoms with van der Waals surface area (Å²) in [4.78, 5) is 0.325. The van der Waals surface area contributed by atoms with Crippen LogP contribution in [0.15, 0.2) is 35.7 Å². The fourth-order valence-electron chi connectivity index (χ4n) is 1.89. The Labute approximate surface area is 116 Å². The van der Waals surface area contributed by atoms with Crippen molar-refractivity contribution in [3.05, 3.63) is 42.0 Å². The molecule has 1 rings (SSSR count). The molecule has 0 saturated carbocycles. The van der Waals surface area contributed by atoms with Crippen LogP contribution in [-0.2, 0) is 16.6 Å². The molecule has 0 heterocycles. The van der Waals surface area contributed by atoms with E-state index < -0.39 is 10.0 Å². The van der Waals surface area contributed by atoms with Gasteiger partial charge in [0.15, 0.2) is 0 Å². The summed E-state index contributed by atoms with van der Waals surface area (Å²) in [5.74, 6) is 0. The first-order valence-corrected chi connectivity index (χ1v) is 7.71. The molecule has 19 heavy (non-hydrogen) atoms. The van der Waals surface area contributed by atoms with E-state index in [2.05, 4.69) is 6.58 Å². The van der Waals surface area contributed by atoms with Gasteiger partial charge in [-0.15, -0.1) is 6.58 Å². The third-order valence-corrected chi connectivity index (χ3v) is 5.14. The molecule has 0 fully saturated rings. The van der Waals surface area contributed by atoms with Crippen LogP contribution in [0.3, 0.4) is 0 Å². The van der Waals surface area contributed by atoms with Crippen LogP contribution in [0.25, 0.3) is 0 Å². The smallest absolute Gasteiger partial charge is 0.243 e. The minimum absolute atomic E-state index is 0.121. The molecule has 4 nitrogen and oxygen atoms in total. The van der Waals surface area contributed by atoms with E-state index in [1.54, 1.807) is 25.1 Å². The minimum atomic E-state index is -3.52. The number of rotatable bonds is 6. The van der Waals surface area contributed by atoms with Crippen molar-refractivity contribution in [1.82, 2.24) is 4.31 Å². The summed E-state index contributed by atoms with van der Waals surface area (Å²) >= 11 is 0. The standard InChI is InChI=1S/C14H22N2O2S/c1-5-8-16(11(2)3)19(17,18)14-9-13(10-15)7-6-12(14)4/h5-7,9,11H,1,8,10,15H2,2-4H3. The molecular formula is C14H22N2O2S. The molecule has 0 spiro atoms. The molecule has 0 atom stereocenters. The molecule has 2 N–H and O–H groups in total. The minimum Gasteiger partial charge on any atom is -0.326 e. The lowest BCUT2D eigenvalue weighted by molar-refractivity contribution is 0.382. The average molecular weight is 282 g/mol. The molecule has 0 radical (unpaired) electrons. The van der Waals surface area contributed by atoms with Gasteiger partial charge in [0.25, 0.3) is 0 Å². The predicted octanol–water partition coefficient (Wildman–Crippen LogP) is 2.04. The van der Waals surface area contributed by atoms with Gasteiger partial charge in [0.2, 0.25) is 10.0 Å². The first kappa shape index (κ1) is 15.9. The van der Waals surface area contributed by atoms with Crippen LogP contribution in [0.2, 0.25) is 0 Å². The second kappa shape index (κ2) is 6.32. The van der Waals surface area contributed by atoms with Gasteiger partial charge in [0, 0.05) is 19.1 Å². The third kappa shape index (κ3) is 3.43. The number of nitrogens with zero attached hydrogens (tertiary/aromatic N) is 1. The molecule has 0 saturated heterocycles. The van der Waals surface area contributed by atoms with Crippen LogP contribution < -0.4 is 5.73 Å². The van der Waals surface area contributed by atoms with E-state index in [4.69, 9.17) is 5.73 Å². The number of hydrogen-bond acceptors (Lipinski definition) is 3. The van der Waals surface area contributed by atoms with Crippen LogP contribution in [0.5, 0.6) is 0 Å². The van der Waals surface area contributed by atoms with E-state index in [1.807, 2.05) is 19.9 Å². The number of benzene rings is 1. The maximum absolute atomic E-state index is 12.7. The molecule has 0 aromatic heterocycles. The molecule has 0 amide bonds. The topological polar surface area (TPSA) is 63.4 Å². The Morgan fingerprint density at radius 1 is 1.42 bits per heavy atom. The van der Waals surface area contributed by atoms with Gasteiger partial charge in [-0.05, 0) is 38.0 Å². The number of hydrogen-bond donors (Lipinski definition) is 1. The lowest BCUT2D eigenvalue weighted by Crippen LogP contribution is -2.37. The van der Waals surface area contributed by atoms with E-state index in [0.29, 0.717) is 18.0 Å². The highest BCUT2D eigenvalue weighted by atomic mass is 32.2. The fourth-order valence-corrected chi connectivity index (χ4v) is 3.77. The van der Waals surface area contributed by atoms with E-state index in [1.165, 1.54) is 4.31 Å². The van der Waals surface area contributed by atoms with Crippen LogP contribution in [-0.4, -0.2) is 25.3 Å². The Bertz CT molecular complexity index is 551. The lowest BCUT2D eigenvalue weighted by Gasteiger charge is -2.25. The zero-order valence-corrected chi connectivity index (χ0v) is 12.6. The molecule has 0 aliphatic rings. The van der Waals surface area contributed by atoms with Gasteiger partial charge in [0.05, 0.1) is 4.90 Å². The highest BCUT2D eigenvalue weighted by Crippen LogP contribution is 2.23. The van der Waals surface area contributed by atoms with Crippen molar-refractivity contribution in [3.8, 4) is 0 Å².